The summed E-state index contributed by atoms with van der Waals surface area (Å²) in [6.07, 6.45) is 5.32. The molecule has 0 saturated heterocycles. The first-order chi connectivity index (χ1) is 12.9. The van der Waals surface area contributed by atoms with E-state index in [1.807, 2.05) is 37.7 Å². The van der Waals surface area contributed by atoms with E-state index in [1.165, 1.54) is 6.20 Å². The monoisotopic (exact) mass is 417 g/mol. The van der Waals surface area contributed by atoms with Crippen molar-refractivity contribution in [3.8, 4) is 11.1 Å². The molecule has 154 valence electrons. The second-order valence-corrected chi connectivity index (χ2v) is 7.09. The van der Waals surface area contributed by atoms with Gasteiger partial charge in [0.25, 0.3) is 0 Å². The summed E-state index contributed by atoms with van der Waals surface area (Å²) in [5.74, 6) is -0.348. The van der Waals surface area contributed by atoms with Crippen molar-refractivity contribution in [1.29, 1.82) is 0 Å². The predicted octanol–water partition coefficient (Wildman–Crippen LogP) is 3.35. The van der Waals surface area contributed by atoms with Gasteiger partial charge in [0.2, 0.25) is 5.43 Å². The third-order valence-electron chi connectivity index (χ3n) is 5.24. The average Bonchev–Trinajstić information content (AvgIpc) is 3.47. The summed E-state index contributed by atoms with van der Waals surface area (Å²) in [5.41, 5.74) is 4.20. The predicted molar refractivity (Wildman–Crippen MR) is 117 cm³/mol. The first-order valence-corrected chi connectivity index (χ1v) is 8.99. The van der Waals surface area contributed by atoms with E-state index in [1.54, 1.807) is 6.07 Å². The Balaban J connectivity index is 0.00000150. The molecule has 29 heavy (non-hydrogen) atoms. The van der Waals surface area contributed by atoms with Crippen LogP contribution < -0.4 is 10.7 Å². The minimum absolute atomic E-state index is 0. The van der Waals surface area contributed by atoms with Gasteiger partial charge < -0.3 is 20.5 Å². The van der Waals surface area contributed by atoms with Crippen LogP contribution in [0.15, 0.2) is 35.4 Å². The van der Waals surface area contributed by atoms with Gasteiger partial charge in [0.15, 0.2) is 0 Å². The molecule has 0 atom stereocenters. The van der Waals surface area contributed by atoms with Crippen LogP contribution in [0.2, 0.25) is 0 Å². The molecule has 0 radical (unpaired) electrons. The molecule has 2 aromatic heterocycles. The van der Waals surface area contributed by atoms with Gasteiger partial charge in [-0.05, 0) is 55.5 Å². The number of halogens is 1. The molecule has 7 nitrogen and oxygen atoms in total. The van der Waals surface area contributed by atoms with Gasteiger partial charge in [-0.15, -0.1) is 12.4 Å². The highest BCUT2D eigenvalue weighted by Gasteiger charge is 2.28. The Morgan fingerprint density at radius 1 is 1.28 bits per heavy atom. The largest absolute Gasteiger partial charge is 0.477 e. The number of aryl methyl sites for hydroxylation is 2. The smallest absolute Gasteiger partial charge is 0.341 e. The second kappa shape index (κ2) is 8.23. The molecule has 0 spiro atoms. The molecule has 1 fully saturated rings. The molecule has 4 N–H and O–H groups in total. The van der Waals surface area contributed by atoms with Gasteiger partial charge in [-0.2, -0.15) is 0 Å². The van der Waals surface area contributed by atoms with Crippen molar-refractivity contribution in [2.75, 3.05) is 12.4 Å². The van der Waals surface area contributed by atoms with Crippen LogP contribution in [0.25, 0.3) is 22.0 Å². The van der Waals surface area contributed by atoms with Crippen molar-refractivity contribution < 1.29 is 15.4 Å². The zero-order valence-corrected chi connectivity index (χ0v) is 17.3. The van der Waals surface area contributed by atoms with Gasteiger partial charge >= 0.3 is 5.97 Å². The van der Waals surface area contributed by atoms with Crippen LogP contribution in [0.5, 0.6) is 0 Å². The number of hydrogen-bond acceptors (Lipinski definition) is 4. The third kappa shape index (κ3) is 3.71. The Morgan fingerprint density at radius 2 is 1.97 bits per heavy atom. The van der Waals surface area contributed by atoms with Crippen LogP contribution in [-0.4, -0.2) is 33.2 Å². The van der Waals surface area contributed by atoms with Gasteiger partial charge in [-0.3, -0.25) is 4.79 Å². The van der Waals surface area contributed by atoms with E-state index < -0.39 is 11.4 Å². The molecular formula is C21H24ClN3O4. The summed E-state index contributed by atoms with van der Waals surface area (Å²) in [6, 6.07) is 5.95. The fourth-order valence-electron chi connectivity index (χ4n) is 3.71. The molecule has 0 unspecified atom stereocenters. The van der Waals surface area contributed by atoms with E-state index in [2.05, 4.69) is 16.4 Å². The minimum Gasteiger partial charge on any atom is -0.477 e. The zero-order chi connectivity index (χ0) is 19.3. The zero-order valence-electron chi connectivity index (χ0n) is 16.4. The molecule has 8 heteroatoms. The maximum absolute atomic E-state index is 12.7. The lowest BCUT2D eigenvalue weighted by molar-refractivity contribution is 0.0695. The maximum atomic E-state index is 12.7. The van der Waals surface area contributed by atoms with Gasteiger partial charge in [0.05, 0.1) is 5.52 Å². The summed E-state index contributed by atoms with van der Waals surface area (Å²) in [6.45, 7) is 3.98. The molecule has 0 aliphatic heterocycles. The van der Waals surface area contributed by atoms with Crippen LogP contribution in [0.4, 0.5) is 5.82 Å². The number of aromatic carboxylic acids is 1. The van der Waals surface area contributed by atoms with Gasteiger partial charge in [-0.1, -0.05) is 6.07 Å². The van der Waals surface area contributed by atoms with E-state index in [9.17, 15) is 14.7 Å². The number of nitrogens with zero attached hydrogens (tertiary/aromatic N) is 2. The van der Waals surface area contributed by atoms with E-state index in [0.29, 0.717) is 5.39 Å². The molecule has 2 heterocycles. The van der Waals surface area contributed by atoms with Gasteiger partial charge in [-0.25, -0.2) is 9.78 Å². The Morgan fingerprint density at radius 3 is 2.52 bits per heavy atom. The molecule has 1 aliphatic rings. The summed E-state index contributed by atoms with van der Waals surface area (Å²) >= 11 is 0. The van der Waals surface area contributed by atoms with Crippen molar-refractivity contribution in [3.05, 3.63) is 57.5 Å². The second-order valence-electron chi connectivity index (χ2n) is 7.09. The lowest BCUT2D eigenvalue weighted by Gasteiger charge is -2.17. The Kier molecular flexibility index (Phi) is 6.35. The number of rotatable bonds is 4. The van der Waals surface area contributed by atoms with Crippen LogP contribution in [0.3, 0.4) is 0 Å². The Bertz CT molecular complexity index is 1150. The van der Waals surface area contributed by atoms with Crippen molar-refractivity contribution in [1.82, 2.24) is 9.55 Å². The average molecular weight is 418 g/mol. The van der Waals surface area contributed by atoms with Crippen molar-refractivity contribution >= 4 is 35.1 Å². The fourth-order valence-corrected chi connectivity index (χ4v) is 3.71. The normalized spacial score (nSPS) is 12.8. The van der Waals surface area contributed by atoms with Crippen LogP contribution >= 0.6 is 12.4 Å². The summed E-state index contributed by atoms with van der Waals surface area (Å²) in [7, 11) is 1.84. The van der Waals surface area contributed by atoms with E-state index >= 15 is 0 Å². The van der Waals surface area contributed by atoms with Gasteiger partial charge in [0.1, 0.15) is 11.4 Å². The molecule has 4 rings (SSSR count). The van der Waals surface area contributed by atoms with Gasteiger partial charge in [0, 0.05) is 36.4 Å². The van der Waals surface area contributed by atoms with Crippen molar-refractivity contribution in [2.24, 2.45) is 0 Å². The SMILES string of the molecule is CNc1ncc(-c2ccc3c(=O)c(C(=O)O)cn(C4CC4)c3c2C)cc1C.Cl.O. The van der Waals surface area contributed by atoms with Crippen molar-refractivity contribution in [3.63, 3.8) is 0 Å². The highest BCUT2D eigenvalue weighted by molar-refractivity contribution is 5.95. The van der Waals surface area contributed by atoms with E-state index in [-0.39, 0.29) is 29.5 Å². The fraction of sp³-hybridized carbons (Fsp3) is 0.286. The highest BCUT2D eigenvalue weighted by atomic mass is 35.5. The summed E-state index contributed by atoms with van der Waals surface area (Å²) in [5, 5.41) is 12.9. The van der Waals surface area contributed by atoms with E-state index in [4.69, 9.17) is 0 Å². The number of pyridine rings is 2. The summed E-state index contributed by atoms with van der Waals surface area (Å²) < 4.78 is 1.97. The number of anilines is 1. The highest BCUT2D eigenvalue weighted by Crippen LogP contribution is 2.39. The number of carbonyl (C=O) groups is 1. The van der Waals surface area contributed by atoms with E-state index in [0.717, 1.165) is 46.4 Å². The molecule has 1 aliphatic carbocycles. The van der Waals surface area contributed by atoms with Crippen molar-refractivity contribution in [2.45, 2.75) is 32.7 Å². The topological polar surface area (TPSA) is 116 Å². The quantitative estimate of drug-likeness (QED) is 0.675. The number of hydrogen-bond donors (Lipinski definition) is 2. The lowest BCUT2D eigenvalue weighted by atomic mass is 9.97. The number of benzene rings is 1. The number of carboxylic acids is 1. The lowest BCUT2D eigenvalue weighted by Crippen LogP contribution is -2.19. The molecule has 3 aromatic rings. The Hall–Kier alpha value is -2.90. The number of aromatic nitrogens is 2. The third-order valence-corrected chi connectivity index (χ3v) is 5.24. The molecule has 1 aromatic carbocycles. The first-order valence-electron chi connectivity index (χ1n) is 8.99. The summed E-state index contributed by atoms with van der Waals surface area (Å²) in [4.78, 5) is 28.7. The molecule has 0 amide bonds. The number of fused-ring (bicyclic) bond motifs is 1. The molecule has 0 bridgehead atoms. The van der Waals surface area contributed by atoms with Crippen LogP contribution in [0.1, 0.15) is 40.4 Å². The van der Waals surface area contributed by atoms with Crippen LogP contribution in [0, 0.1) is 13.8 Å². The Labute approximate surface area is 174 Å². The van der Waals surface area contributed by atoms with Crippen LogP contribution in [-0.2, 0) is 0 Å². The number of carboxylic acid groups (broad SMARTS) is 1. The maximum Gasteiger partial charge on any atom is 0.341 e. The molecule has 1 saturated carbocycles. The minimum atomic E-state index is -1.18. The molecular weight excluding hydrogens is 394 g/mol. The number of nitrogens with one attached hydrogen (secondary N) is 1. The first kappa shape index (κ1) is 22.4. The standard InChI is InChI=1S/C21H21N3O3.ClH.H2O/c1-11-8-13(9-23-20(11)22-3)15-6-7-16-18(12(15)2)24(14-4-5-14)10-17(19(16)25)21(26)27;;/h6-10,14H,4-5H2,1-3H3,(H,22,23)(H,26,27);1H;1H2.